The topological polar surface area (TPSA) is 49.3 Å². The van der Waals surface area contributed by atoms with Crippen molar-refractivity contribution in [3.05, 3.63) is 11.8 Å². The minimum atomic E-state index is -0.891. The van der Waals surface area contributed by atoms with Crippen molar-refractivity contribution in [3.63, 3.8) is 0 Å². The molecular formula is C7H13NO2. The molecule has 0 unspecified atom stereocenters. The molecule has 0 aliphatic carbocycles. The Bertz CT molecular complexity index is 141. The van der Waals surface area contributed by atoms with Crippen LogP contribution >= 0.6 is 0 Å². The Hall–Kier alpha value is -0.990. The third kappa shape index (κ3) is 3.95. The van der Waals surface area contributed by atoms with Crippen molar-refractivity contribution in [2.75, 3.05) is 7.05 Å². The van der Waals surface area contributed by atoms with Crippen LogP contribution in [0.5, 0.6) is 0 Å². The lowest BCUT2D eigenvalue weighted by Gasteiger charge is -2.01. The predicted molar refractivity (Wildman–Crippen MR) is 39.7 cm³/mol. The van der Waals surface area contributed by atoms with Crippen LogP contribution in [0.4, 0.5) is 0 Å². The van der Waals surface area contributed by atoms with Gasteiger partial charge < -0.3 is 10.4 Å². The van der Waals surface area contributed by atoms with Gasteiger partial charge in [-0.25, -0.2) is 4.79 Å². The maximum atomic E-state index is 10.1. The number of nitrogens with one attached hydrogen (secondary N) is 1. The molecule has 3 heteroatoms. The Morgan fingerprint density at radius 2 is 2.30 bits per heavy atom. The number of carboxylic acid groups (broad SMARTS) is 1. The van der Waals surface area contributed by atoms with E-state index in [4.69, 9.17) is 5.11 Å². The molecule has 0 spiro atoms. The van der Waals surface area contributed by atoms with E-state index >= 15 is 0 Å². The van der Waals surface area contributed by atoms with Crippen LogP contribution in [0.25, 0.3) is 0 Å². The molecule has 2 N–H and O–H groups in total. The molecule has 0 aromatic carbocycles. The number of carbonyl (C=O) groups is 1. The fourth-order valence-corrected chi connectivity index (χ4v) is 0.688. The lowest BCUT2D eigenvalue weighted by Crippen LogP contribution is -2.07. The van der Waals surface area contributed by atoms with Gasteiger partial charge in [-0.2, -0.15) is 0 Å². The first-order chi connectivity index (χ1) is 4.70. The second-order valence-corrected chi connectivity index (χ2v) is 2.01. The third-order valence-electron chi connectivity index (χ3n) is 1.14. The standard InChI is InChI=1S/C7H13NO2/c1-3-4-6(8-2)5-7(9)10/h5,8H,3-4H2,1-2H3,(H,9,10). The van der Waals surface area contributed by atoms with Crippen LogP contribution in [0, 0.1) is 0 Å². The van der Waals surface area contributed by atoms with Crippen LogP contribution in [0.3, 0.4) is 0 Å². The van der Waals surface area contributed by atoms with Crippen molar-refractivity contribution < 1.29 is 9.90 Å². The molecule has 0 aliphatic heterocycles. The van der Waals surface area contributed by atoms with Gasteiger partial charge in [0, 0.05) is 18.8 Å². The van der Waals surface area contributed by atoms with E-state index in [1.807, 2.05) is 6.92 Å². The summed E-state index contributed by atoms with van der Waals surface area (Å²) in [6.07, 6.45) is 2.95. The van der Waals surface area contributed by atoms with Crippen LogP contribution in [-0.4, -0.2) is 18.1 Å². The Labute approximate surface area is 60.7 Å². The van der Waals surface area contributed by atoms with Crippen LogP contribution in [0.1, 0.15) is 19.8 Å². The van der Waals surface area contributed by atoms with Crippen molar-refractivity contribution >= 4 is 5.97 Å². The average molecular weight is 143 g/mol. The number of hydrogen-bond acceptors (Lipinski definition) is 2. The molecule has 10 heavy (non-hydrogen) atoms. The van der Waals surface area contributed by atoms with Crippen LogP contribution in [0.2, 0.25) is 0 Å². The first-order valence-corrected chi connectivity index (χ1v) is 3.32. The van der Waals surface area contributed by atoms with E-state index in [-0.39, 0.29) is 0 Å². The van der Waals surface area contributed by atoms with E-state index in [0.29, 0.717) is 0 Å². The van der Waals surface area contributed by atoms with Gasteiger partial charge in [0.15, 0.2) is 0 Å². The highest BCUT2D eigenvalue weighted by Crippen LogP contribution is 1.98. The summed E-state index contributed by atoms with van der Waals surface area (Å²) in [6, 6.07) is 0. The largest absolute Gasteiger partial charge is 0.478 e. The van der Waals surface area contributed by atoms with E-state index in [1.165, 1.54) is 6.08 Å². The zero-order valence-electron chi connectivity index (χ0n) is 6.35. The van der Waals surface area contributed by atoms with Gasteiger partial charge in [-0.1, -0.05) is 13.3 Å². The zero-order valence-corrected chi connectivity index (χ0v) is 6.35. The molecule has 0 amide bonds. The summed E-state index contributed by atoms with van der Waals surface area (Å²) >= 11 is 0. The summed E-state index contributed by atoms with van der Waals surface area (Å²) in [6.45, 7) is 2.01. The van der Waals surface area contributed by atoms with Gasteiger partial charge in [0.1, 0.15) is 0 Å². The average Bonchev–Trinajstić information content (AvgIpc) is 1.86. The van der Waals surface area contributed by atoms with Gasteiger partial charge in [0.25, 0.3) is 0 Å². The summed E-state index contributed by atoms with van der Waals surface area (Å²) in [5.74, 6) is -0.891. The van der Waals surface area contributed by atoms with Gasteiger partial charge >= 0.3 is 5.97 Å². The first kappa shape index (κ1) is 9.01. The lowest BCUT2D eigenvalue weighted by molar-refractivity contribution is -0.131. The Kier molecular flexibility index (Phi) is 4.37. The fraction of sp³-hybridized carbons (Fsp3) is 0.571. The molecule has 0 saturated carbocycles. The molecule has 0 aromatic rings. The normalized spacial score (nSPS) is 11.2. The Morgan fingerprint density at radius 3 is 2.60 bits per heavy atom. The minimum absolute atomic E-state index is 0.773. The maximum Gasteiger partial charge on any atom is 0.330 e. The predicted octanol–water partition coefficient (Wildman–Crippen LogP) is 0.974. The number of hydrogen-bond donors (Lipinski definition) is 2. The van der Waals surface area contributed by atoms with E-state index in [1.54, 1.807) is 7.05 Å². The molecule has 0 aliphatic rings. The number of rotatable bonds is 4. The SMILES string of the molecule is CCCC(=CC(=O)O)NC. The van der Waals surface area contributed by atoms with E-state index < -0.39 is 5.97 Å². The molecular weight excluding hydrogens is 130 g/mol. The zero-order chi connectivity index (χ0) is 7.98. The molecule has 0 saturated heterocycles. The van der Waals surface area contributed by atoms with Gasteiger partial charge in [-0.05, 0) is 6.42 Å². The summed E-state index contributed by atoms with van der Waals surface area (Å²) in [7, 11) is 1.73. The maximum absolute atomic E-state index is 10.1. The monoisotopic (exact) mass is 143 g/mol. The molecule has 58 valence electrons. The van der Waals surface area contributed by atoms with Crippen molar-refractivity contribution in [1.29, 1.82) is 0 Å². The van der Waals surface area contributed by atoms with Crippen LogP contribution < -0.4 is 5.32 Å². The highest BCUT2D eigenvalue weighted by Gasteiger charge is 1.94. The summed E-state index contributed by atoms with van der Waals surface area (Å²) in [4.78, 5) is 10.1. The minimum Gasteiger partial charge on any atom is -0.478 e. The highest BCUT2D eigenvalue weighted by atomic mass is 16.4. The van der Waals surface area contributed by atoms with E-state index in [9.17, 15) is 4.79 Å². The van der Waals surface area contributed by atoms with Gasteiger partial charge in [0.05, 0.1) is 0 Å². The second-order valence-electron chi connectivity index (χ2n) is 2.01. The van der Waals surface area contributed by atoms with Gasteiger partial charge in [0.2, 0.25) is 0 Å². The number of aliphatic carboxylic acids is 1. The van der Waals surface area contributed by atoms with Crippen molar-refractivity contribution in [1.82, 2.24) is 5.32 Å². The van der Waals surface area contributed by atoms with E-state index in [2.05, 4.69) is 5.32 Å². The third-order valence-corrected chi connectivity index (χ3v) is 1.14. The van der Waals surface area contributed by atoms with Crippen molar-refractivity contribution in [2.45, 2.75) is 19.8 Å². The first-order valence-electron chi connectivity index (χ1n) is 3.32. The van der Waals surface area contributed by atoms with Crippen LogP contribution in [-0.2, 0) is 4.79 Å². The Morgan fingerprint density at radius 1 is 1.70 bits per heavy atom. The second kappa shape index (κ2) is 4.85. The molecule has 3 nitrogen and oxygen atoms in total. The highest BCUT2D eigenvalue weighted by molar-refractivity contribution is 5.80. The molecule has 0 heterocycles. The Balaban J connectivity index is 3.91. The van der Waals surface area contributed by atoms with Gasteiger partial charge in [-0.3, -0.25) is 0 Å². The molecule has 0 radical (unpaired) electrons. The molecule has 0 atom stereocenters. The fourth-order valence-electron chi connectivity index (χ4n) is 0.688. The van der Waals surface area contributed by atoms with Gasteiger partial charge in [-0.15, -0.1) is 0 Å². The lowest BCUT2D eigenvalue weighted by atomic mass is 10.2. The molecule has 0 rings (SSSR count). The number of allylic oxidation sites excluding steroid dienone is 1. The smallest absolute Gasteiger partial charge is 0.330 e. The van der Waals surface area contributed by atoms with Crippen LogP contribution in [0.15, 0.2) is 11.8 Å². The van der Waals surface area contributed by atoms with Crippen molar-refractivity contribution in [3.8, 4) is 0 Å². The number of carboxylic acids is 1. The summed E-state index contributed by atoms with van der Waals surface area (Å²) < 4.78 is 0. The van der Waals surface area contributed by atoms with Crippen molar-refractivity contribution in [2.24, 2.45) is 0 Å². The summed E-state index contributed by atoms with van der Waals surface area (Å²) in [5.41, 5.74) is 0.773. The summed E-state index contributed by atoms with van der Waals surface area (Å²) in [5, 5.41) is 11.1. The van der Waals surface area contributed by atoms with E-state index in [0.717, 1.165) is 18.5 Å². The molecule has 0 fully saturated rings. The quantitative estimate of drug-likeness (QED) is 0.576. The molecule has 0 bridgehead atoms. The molecule has 0 aromatic heterocycles.